The second kappa shape index (κ2) is 15.3. The molecule has 174 valence electrons. The van der Waals surface area contributed by atoms with Crippen LogP contribution in [0.1, 0.15) is 76.8 Å². The van der Waals surface area contributed by atoms with Crippen LogP contribution < -0.4 is 5.32 Å². The van der Waals surface area contributed by atoms with Crippen molar-refractivity contribution in [3.8, 4) is 0 Å². The van der Waals surface area contributed by atoms with Gasteiger partial charge in [0.2, 0.25) is 0 Å². The third kappa shape index (κ3) is 9.34. The number of fused-ring (bicyclic) bond motifs is 1. The van der Waals surface area contributed by atoms with E-state index in [1.807, 2.05) is 6.07 Å². The van der Waals surface area contributed by atoms with Gasteiger partial charge in [0.1, 0.15) is 0 Å². The van der Waals surface area contributed by atoms with Crippen molar-refractivity contribution in [3.05, 3.63) is 84.2 Å². The van der Waals surface area contributed by atoms with Gasteiger partial charge in [0.05, 0.1) is 0 Å². The van der Waals surface area contributed by atoms with Gasteiger partial charge in [0.15, 0.2) is 0 Å². The highest BCUT2D eigenvalue weighted by molar-refractivity contribution is 5.82. The SMILES string of the molecule is C=C(CCCc1c[nH]c2ccccc12)NCCC(CCC)CCC.CCc1ccccc1. The molecule has 3 rings (SSSR count). The Morgan fingerprint density at radius 3 is 2.25 bits per heavy atom. The van der Waals surface area contributed by atoms with Crippen LogP contribution in [0.3, 0.4) is 0 Å². The molecule has 0 fully saturated rings. The maximum absolute atomic E-state index is 4.21. The number of H-pyrrole nitrogens is 1. The van der Waals surface area contributed by atoms with Gasteiger partial charge in [-0.25, -0.2) is 0 Å². The van der Waals surface area contributed by atoms with Crippen LogP contribution in [0, 0.1) is 5.92 Å². The summed E-state index contributed by atoms with van der Waals surface area (Å²) in [6, 6.07) is 19.0. The Balaban J connectivity index is 0.000000380. The Bertz CT molecular complexity index is 872. The van der Waals surface area contributed by atoms with Crippen LogP contribution in [0.4, 0.5) is 0 Å². The predicted molar refractivity (Wildman–Crippen MR) is 142 cm³/mol. The van der Waals surface area contributed by atoms with Crippen molar-refractivity contribution in [2.75, 3.05) is 6.54 Å². The van der Waals surface area contributed by atoms with Gasteiger partial charge in [-0.2, -0.15) is 0 Å². The second-order valence-electron chi connectivity index (χ2n) is 8.81. The van der Waals surface area contributed by atoms with E-state index in [9.17, 15) is 0 Å². The average molecular weight is 433 g/mol. The number of aromatic amines is 1. The molecule has 0 bridgehead atoms. The summed E-state index contributed by atoms with van der Waals surface area (Å²) in [6.07, 6.45) is 13.2. The van der Waals surface area contributed by atoms with Gasteiger partial charge >= 0.3 is 0 Å². The van der Waals surface area contributed by atoms with Crippen LogP contribution in [0.25, 0.3) is 10.9 Å². The highest BCUT2D eigenvalue weighted by atomic mass is 14.9. The number of allylic oxidation sites excluding steroid dienone is 1. The minimum absolute atomic E-state index is 0.881. The first-order valence-corrected chi connectivity index (χ1v) is 12.7. The smallest absolute Gasteiger partial charge is 0.0456 e. The zero-order chi connectivity index (χ0) is 23.0. The molecular formula is C30H44N2. The summed E-state index contributed by atoms with van der Waals surface area (Å²) in [5, 5.41) is 4.90. The molecule has 0 aliphatic rings. The molecule has 0 saturated carbocycles. The fourth-order valence-corrected chi connectivity index (χ4v) is 4.34. The Labute approximate surface area is 196 Å². The van der Waals surface area contributed by atoms with Crippen LogP contribution in [0.2, 0.25) is 0 Å². The number of benzene rings is 2. The molecule has 0 atom stereocenters. The number of hydrogen-bond donors (Lipinski definition) is 2. The largest absolute Gasteiger partial charge is 0.389 e. The summed E-state index contributed by atoms with van der Waals surface area (Å²) in [4.78, 5) is 3.36. The second-order valence-corrected chi connectivity index (χ2v) is 8.81. The van der Waals surface area contributed by atoms with Gasteiger partial charge in [-0.15, -0.1) is 0 Å². The van der Waals surface area contributed by atoms with Crippen molar-refractivity contribution in [3.63, 3.8) is 0 Å². The van der Waals surface area contributed by atoms with E-state index < -0.39 is 0 Å². The molecule has 1 aromatic heterocycles. The lowest BCUT2D eigenvalue weighted by atomic mass is 9.95. The van der Waals surface area contributed by atoms with Crippen molar-refractivity contribution in [1.82, 2.24) is 10.3 Å². The summed E-state index contributed by atoms with van der Waals surface area (Å²) in [5.41, 5.74) is 5.26. The molecule has 0 aliphatic heterocycles. The van der Waals surface area contributed by atoms with E-state index in [4.69, 9.17) is 0 Å². The predicted octanol–water partition coefficient (Wildman–Crippen LogP) is 8.45. The molecule has 2 heteroatoms. The summed E-state index contributed by atoms with van der Waals surface area (Å²) < 4.78 is 0. The standard InChI is InChI=1S/C22H34N2.C8H10/c1-4-9-19(10-5-2)15-16-23-18(3)11-8-12-20-17-24-22-14-7-6-13-21(20)22;1-2-8-6-4-3-5-7-8/h6-7,13-14,17,19,23-24H,3-5,8-12,15-16H2,1-2H3;3-7H,2H2,1H3. The fraction of sp³-hybridized carbons (Fsp3) is 0.467. The zero-order valence-corrected chi connectivity index (χ0v) is 20.6. The van der Waals surface area contributed by atoms with Crippen molar-refractivity contribution in [2.24, 2.45) is 5.92 Å². The fourth-order valence-electron chi connectivity index (χ4n) is 4.34. The van der Waals surface area contributed by atoms with Crippen molar-refractivity contribution in [1.29, 1.82) is 0 Å². The van der Waals surface area contributed by atoms with Gasteiger partial charge in [0.25, 0.3) is 0 Å². The number of rotatable bonds is 13. The highest BCUT2D eigenvalue weighted by Crippen LogP contribution is 2.20. The quantitative estimate of drug-likeness (QED) is 0.278. The third-order valence-electron chi connectivity index (χ3n) is 6.17. The molecule has 2 aromatic carbocycles. The first-order chi connectivity index (χ1) is 15.7. The molecule has 0 amide bonds. The van der Waals surface area contributed by atoms with E-state index in [-0.39, 0.29) is 0 Å². The molecule has 32 heavy (non-hydrogen) atoms. The molecule has 0 spiro atoms. The van der Waals surface area contributed by atoms with E-state index in [0.29, 0.717) is 0 Å². The summed E-state index contributed by atoms with van der Waals surface area (Å²) >= 11 is 0. The molecular weight excluding hydrogens is 388 g/mol. The summed E-state index contributed by atoms with van der Waals surface area (Å²) in [6.45, 7) is 12.0. The molecule has 0 radical (unpaired) electrons. The Kier molecular flexibility index (Phi) is 12.4. The molecule has 0 aliphatic carbocycles. The van der Waals surface area contributed by atoms with E-state index in [0.717, 1.165) is 38.1 Å². The monoisotopic (exact) mass is 432 g/mol. The number of aryl methyl sites for hydroxylation is 2. The van der Waals surface area contributed by atoms with Gasteiger partial charge in [-0.3, -0.25) is 0 Å². The van der Waals surface area contributed by atoms with E-state index >= 15 is 0 Å². The van der Waals surface area contributed by atoms with Gasteiger partial charge in [0, 0.05) is 29.3 Å². The van der Waals surface area contributed by atoms with Gasteiger partial charge < -0.3 is 10.3 Å². The number of aromatic nitrogens is 1. The van der Waals surface area contributed by atoms with Crippen LogP contribution in [-0.4, -0.2) is 11.5 Å². The van der Waals surface area contributed by atoms with Gasteiger partial charge in [-0.05, 0) is 55.2 Å². The Morgan fingerprint density at radius 1 is 0.906 bits per heavy atom. The van der Waals surface area contributed by atoms with Crippen LogP contribution in [-0.2, 0) is 12.8 Å². The molecule has 3 aromatic rings. The molecule has 2 N–H and O–H groups in total. The normalized spacial score (nSPS) is 10.8. The topological polar surface area (TPSA) is 27.8 Å². The van der Waals surface area contributed by atoms with Gasteiger partial charge in [-0.1, -0.05) is 102 Å². The Hall–Kier alpha value is -2.48. The Morgan fingerprint density at radius 2 is 1.59 bits per heavy atom. The van der Waals surface area contributed by atoms with E-state index in [1.54, 1.807) is 0 Å². The number of para-hydroxylation sites is 1. The minimum Gasteiger partial charge on any atom is -0.389 e. The molecule has 1 heterocycles. The van der Waals surface area contributed by atoms with Crippen molar-refractivity contribution in [2.45, 2.75) is 78.6 Å². The summed E-state index contributed by atoms with van der Waals surface area (Å²) in [5.74, 6) is 0.881. The zero-order valence-electron chi connectivity index (χ0n) is 20.6. The number of hydrogen-bond acceptors (Lipinski definition) is 1. The maximum atomic E-state index is 4.21. The first kappa shape index (κ1) is 25.8. The maximum Gasteiger partial charge on any atom is 0.0456 e. The first-order valence-electron chi connectivity index (χ1n) is 12.7. The van der Waals surface area contributed by atoms with Crippen LogP contribution in [0.15, 0.2) is 73.1 Å². The van der Waals surface area contributed by atoms with Crippen molar-refractivity contribution < 1.29 is 0 Å². The molecule has 0 unspecified atom stereocenters. The molecule has 0 saturated heterocycles. The van der Waals surface area contributed by atoms with E-state index in [2.05, 4.69) is 92.4 Å². The lowest BCUT2D eigenvalue weighted by Gasteiger charge is -2.16. The lowest BCUT2D eigenvalue weighted by molar-refractivity contribution is 0.405. The average Bonchev–Trinajstić information content (AvgIpc) is 3.23. The number of nitrogens with one attached hydrogen (secondary N) is 2. The van der Waals surface area contributed by atoms with E-state index in [1.165, 1.54) is 59.8 Å². The van der Waals surface area contributed by atoms with Crippen LogP contribution >= 0.6 is 0 Å². The van der Waals surface area contributed by atoms with Crippen LogP contribution in [0.5, 0.6) is 0 Å². The highest BCUT2D eigenvalue weighted by Gasteiger charge is 2.07. The summed E-state index contributed by atoms with van der Waals surface area (Å²) in [7, 11) is 0. The third-order valence-corrected chi connectivity index (χ3v) is 6.17. The minimum atomic E-state index is 0.881. The lowest BCUT2D eigenvalue weighted by Crippen LogP contribution is -2.17. The molecule has 2 nitrogen and oxygen atoms in total. The van der Waals surface area contributed by atoms with Crippen molar-refractivity contribution >= 4 is 10.9 Å².